The second-order valence-corrected chi connectivity index (χ2v) is 5.22. The molecule has 0 saturated heterocycles. The molecule has 0 saturated carbocycles. The molecule has 0 radical (unpaired) electrons. The Morgan fingerprint density at radius 2 is 1.65 bits per heavy atom. The second kappa shape index (κ2) is 11.7. The summed E-state index contributed by atoms with van der Waals surface area (Å²) in [7, 11) is 0. The van der Waals surface area contributed by atoms with Crippen LogP contribution in [-0.4, -0.2) is 50.7 Å². The van der Waals surface area contributed by atoms with Crippen molar-refractivity contribution in [3.05, 3.63) is 23.8 Å². The molecule has 0 heterocycles. The van der Waals surface area contributed by atoms with Crippen molar-refractivity contribution in [2.24, 2.45) is 0 Å². The Morgan fingerprint density at radius 3 is 2.31 bits per heavy atom. The second-order valence-electron chi connectivity index (χ2n) is 5.22. The molecule has 2 N–H and O–H groups in total. The van der Waals surface area contributed by atoms with Crippen molar-refractivity contribution in [3.8, 4) is 11.5 Å². The van der Waals surface area contributed by atoms with Gasteiger partial charge in [0.15, 0.2) is 18.1 Å². The molecule has 8 heteroatoms. The molecule has 0 aliphatic heterocycles. The molecule has 0 atom stereocenters. The van der Waals surface area contributed by atoms with Crippen LogP contribution in [-0.2, 0) is 14.3 Å². The lowest BCUT2D eigenvalue weighted by atomic mass is 10.2. The Balaban J connectivity index is 2.53. The average molecular weight is 366 g/mol. The molecule has 0 aliphatic carbocycles. The fourth-order valence-electron chi connectivity index (χ4n) is 1.96. The standard InChI is InChI=1S/C18H26N2O6/c1-4-9-19-16(21)12-26-17(22)11-20-18(23)13-7-8-14(24-5-2)15(10-13)25-6-3/h7-8,10H,4-6,9,11-12H2,1-3H3,(H,19,21)(H,20,23). The Labute approximate surface area is 153 Å². The van der Waals surface area contributed by atoms with Crippen LogP contribution in [0.15, 0.2) is 18.2 Å². The molecule has 0 unspecified atom stereocenters. The SMILES string of the molecule is CCCNC(=O)COC(=O)CNC(=O)c1ccc(OCC)c(OCC)c1. The summed E-state index contributed by atoms with van der Waals surface area (Å²) >= 11 is 0. The predicted octanol–water partition coefficient (Wildman–Crippen LogP) is 1.28. The molecule has 0 fully saturated rings. The summed E-state index contributed by atoms with van der Waals surface area (Å²) in [4.78, 5) is 35.1. The third-order valence-corrected chi connectivity index (χ3v) is 3.14. The van der Waals surface area contributed by atoms with Crippen LogP contribution in [0.25, 0.3) is 0 Å². The minimum atomic E-state index is -0.694. The van der Waals surface area contributed by atoms with Gasteiger partial charge in [0, 0.05) is 12.1 Å². The van der Waals surface area contributed by atoms with Crippen molar-refractivity contribution in [3.63, 3.8) is 0 Å². The maximum atomic E-state index is 12.2. The van der Waals surface area contributed by atoms with E-state index < -0.39 is 11.9 Å². The number of amides is 2. The van der Waals surface area contributed by atoms with Crippen LogP contribution >= 0.6 is 0 Å². The normalized spacial score (nSPS) is 9.96. The first kappa shape index (κ1) is 21.3. The van der Waals surface area contributed by atoms with Crippen LogP contribution in [0.5, 0.6) is 11.5 Å². The number of carbonyl (C=O) groups excluding carboxylic acids is 3. The number of hydrogen-bond donors (Lipinski definition) is 2. The van der Waals surface area contributed by atoms with E-state index in [1.54, 1.807) is 18.2 Å². The molecular formula is C18H26N2O6. The summed E-state index contributed by atoms with van der Waals surface area (Å²) in [5, 5.41) is 5.03. The van der Waals surface area contributed by atoms with Gasteiger partial charge < -0.3 is 24.8 Å². The summed E-state index contributed by atoms with van der Waals surface area (Å²) < 4.78 is 15.7. The van der Waals surface area contributed by atoms with Gasteiger partial charge in [0.2, 0.25) is 0 Å². The van der Waals surface area contributed by atoms with E-state index in [9.17, 15) is 14.4 Å². The van der Waals surface area contributed by atoms with Gasteiger partial charge in [0.1, 0.15) is 6.54 Å². The zero-order chi connectivity index (χ0) is 19.4. The fraction of sp³-hybridized carbons (Fsp3) is 0.500. The first-order chi connectivity index (χ1) is 12.5. The Morgan fingerprint density at radius 1 is 0.962 bits per heavy atom. The zero-order valence-corrected chi connectivity index (χ0v) is 15.4. The maximum absolute atomic E-state index is 12.2. The highest BCUT2D eigenvalue weighted by molar-refractivity contribution is 5.96. The van der Waals surface area contributed by atoms with E-state index in [4.69, 9.17) is 14.2 Å². The Bertz CT molecular complexity index is 618. The van der Waals surface area contributed by atoms with Gasteiger partial charge in [0.05, 0.1) is 13.2 Å². The molecular weight excluding hydrogens is 340 g/mol. The lowest BCUT2D eigenvalue weighted by Crippen LogP contribution is -2.34. The predicted molar refractivity (Wildman–Crippen MR) is 95.4 cm³/mol. The summed E-state index contributed by atoms with van der Waals surface area (Å²) in [6.07, 6.45) is 0.793. The van der Waals surface area contributed by atoms with Crippen LogP contribution in [0, 0.1) is 0 Å². The van der Waals surface area contributed by atoms with Crippen LogP contribution in [0.2, 0.25) is 0 Å². The van der Waals surface area contributed by atoms with Gasteiger partial charge >= 0.3 is 5.97 Å². The summed E-state index contributed by atoms with van der Waals surface area (Å²) in [5.74, 6) is -0.526. The van der Waals surface area contributed by atoms with E-state index in [1.807, 2.05) is 20.8 Å². The van der Waals surface area contributed by atoms with E-state index in [0.29, 0.717) is 36.8 Å². The molecule has 26 heavy (non-hydrogen) atoms. The monoisotopic (exact) mass is 366 g/mol. The quantitative estimate of drug-likeness (QED) is 0.572. The minimum absolute atomic E-state index is 0.324. The molecule has 1 aromatic carbocycles. The van der Waals surface area contributed by atoms with Crippen LogP contribution in [0.3, 0.4) is 0 Å². The van der Waals surface area contributed by atoms with E-state index in [-0.39, 0.29) is 19.1 Å². The van der Waals surface area contributed by atoms with Gasteiger partial charge in [-0.2, -0.15) is 0 Å². The summed E-state index contributed by atoms with van der Waals surface area (Å²) in [6, 6.07) is 4.76. The molecule has 144 valence electrons. The largest absolute Gasteiger partial charge is 0.490 e. The van der Waals surface area contributed by atoms with Gasteiger partial charge in [0.25, 0.3) is 11.8 Å². The highest BCUT2D eigenvalue weighted by atomic mass is 16.5. The third kappa shape index (κ3) is 7.42. The number of esters is 1. The molecule has 0 spiro atoms. The molecule has 0 bridgehead atoms. The fourth-order valence-corrected chi connectivity index (χ4v) is 1.96. The highest BCUT2D eigenvalue weighted by Gasteiger charge is 2.13. The summed E-state index contributed by atoms with van der Waals surface area (Å²) in [6.45, 7) is 6.32. The van der Waals surface area contributed by atoms with Crippen LogP contribution in [0.1, 0.15) is 37.6 Å². The zero-order valence-electron chi connectivity index (χ0n) is 15.4. The number of carbonyl (C=O) groups is 3. The topological polar surface area (TPSA) is 103 Å². The van der Waals surface area contributed by atoms with Crippen molar-refractivity contribution in [1.29, 1.82) is 0 Å². The highest BCUT2D eigenvalue weighted by Crippen LogP contribution is 2.28. The number of rotatable bonds is 11. The smallest absolute Gasteiger partial charge is 0.325 e. The summed E-state index contributed by atoms with van der Waals surface area (Å²) in [5.41, 5.74) is 0.324. The third-order valence-electron chi connectivity index (χ3n) is 3.14. The molecule has 2 amide bonds. The van der Waals surface area contributed by atoms with E-state index in [2.05, 4.69) is 10.6 Å². The van der Waals surface area contributed by atoms with Crippen molar-refractivity contribution in [1.82, 2.24) is 10.6 Å². The Kier molecular flexibility index (Phi) is 9.59. The number of ether oxygens (including phenoxy) is 3. The molecule has 0 aliphatic rings. The molecule has 8 nitrogen and oxygen atoms in total. The molecule has 1 rings (SSSR count). The van der Waals surface area contributed by atoms with Crippen molar-refractivity contribution in [2.45, 2.75) is 27.2 Å². The van der Waals surface area contributed by atoms with E-state index in [0.717, 1.165) is 6.42 Å². The van der Waals surface area contributed by atoms with Crippen LogP contribution in [0.4, 0.5) is 0 Å². The van der Waals surface area contributed by atoms with Gasteiger partial charge in [-0.15, -0.1) is 0 Å². The maximum Gasteiger partial charge on any atom is 0.325 e. The lowest BCUT2D eigenvalue weighted by molar-refractivity contribution is -0.147. The van der Waals surface area contributed by atoms with Crippen molar-refractivity contribution in [2.75, 3.05) is 32.9 Å². The van der Waals surface area contributed by atoms with Crippen molar-refractivity contribution >= 4 is 17.8 Å². The van der Waals surface area contributed by atoms with Crippen LogP contribution < -0.4 is 20.1 Å². The van der Waals surface area contributed by atoms with Gasteiger partial charge in [-0.1, -0.05) is 6.92 Å². The molecule has 1 aromatic rings. The van der Waals surface area contributed by atoms with E-state index in [1.165, 1.54) is 0 Å². The first-order valence-corrected chi connectivity index (χ1v) is 8.61. The number of benzene rings is 1. The Hall–Kier alpha value is -2.77. The minimum Gasteiger partial charge on any atom is -0.490 e. The van der Waals surface area contributed by atoms with Gasteiger partial charge in [-0.25, -0.2) is 0 Å². The number of hydrogen-bond acceptors (Lipinski definition) is 6. The van der Waals surface area contributed by atoms with E-state index >= 15 is 0 Å². The van der Waals surface area contributed by atoms with Crippen molar-refractivity contribution < 1.29 is 28.6 Å². The van der Waals surface area contributed by atoms with Gasteiger partial charge in [-0.3, -0.25) is 14.4 Å². The number of nitrogens with one attached hydrogen (secondary N) is 2. The average Bonchev–Trinajstić information content (AvgIpc) is 2.64. The molecule has 0 aromatic heterocycles. The lowest BCUT2D eigenvalue weighted by Gasteiger charge is -2.12. The van der Waals surface area contributed by atoms with Gasteiger partial charge in [-0.05, 0) is 38.5 Å². The first-order valence-electron chi connectivity index (χ1n) is 8.61.